The van der Waals surface area contributed by atoms with Crippen LogP contribution < -0.4 is 24.8 Å². The van der Waals surface area contributed by atoms with Crippen molar-refractivity contribution in [2.24, 2.45) is 4.99 Å². The molecule has 0 fully saturated rings. The van der Waals surface area contributed by atoms with Crippen molar-refractivity contribution in [2.75, 3.05) is 33.9 Å². The van der Waals surface area contributed by atoms with Crippen LogP contribution in [0.1, 0.15) is 36.6 Å². The fraction of sp³-hybridized carbons (Fsp3) is 0.435. The molecule has 0 aromatic heterocycles. The van der Waals surface area contributed by atoms with E-state index in [1.807, 2.05) is 18.2 Å². The summed E-state index contributed by atoms with van der Waals surface area (Å²) >= 11 is 0. The van der Waals surface area contributed by atoms with E-state index in [2.05, 4.69) is 42.7 Å². The number of hydrogen-bond donors (Lipinski definition) is 2. The maximum atomic E-state index is 5.58. The number of guanidine groups is 1. The van der Waals surface area contributed by atoms with Crippen LogP contribution in [0.2, 0.25) is 0 Å². The zero-order valence-electron chi connectivity index (χ0n) is 17.7. The molecule has 0 bridgehead atoms. The van der Waals surface area contributed by atoms with Gasteiger partial charge in [-0.3, -0.25) is 4.99 Å². The van der Waals surface area contributed by atoms with E-state index in [9.17, 15) is 0 Å². The fourth-order valence-electron chi connectivity index (χ4n) is 3.47. The van der Waals surface area contributed by atoms with Gasteiger partial charge in [0.1, 0.15) is 17.2 Å². The maximum absolute atomic E-state index is 5.58. The highest BCUT2D eigenvalue weighted by Crippen LogP contribution is 2.29. The number of ether oxygens (including phenoxy) is 3. The quantitative estimate of drug-likeness (QED) is 0.527. The number of aliphatic imine (C=N–C) groups is 1. The van der Waals surface area contributed by atoms with E-state index >= 15 is 0 Å². The van der Waals surface area contributed by atoms with E-state index in [0.29, 0.717) is 6.54 Å². The molecule has 1 atom stereocenters. The molecular weight excluding hydrogens is 366 g/mol. The van der Waals surface area contributed by atoms with Gasteiger partial charge in [0.15, 0.2) is 5.96 Å². The van der Waals surface area contributed by atoms with Crippen LogP contribution >= 0.6 is 0 Å². The Bertz CT molecular complexity index is 851. The second kappa shape index (κ2) is 10.0. The molecule has 0 amide bonds. The van der Waals surface area contributed by atoms with Crippen LogP contribution in [0.3, 0.4) is 0 Å². The molecule has 0 aliphatic carbocycles. The summed E-state index contributed by atoms with van der Waals surface area (Å²) < 4.78 is 16.5. The van der Waals surface area contributed by atoms with Gasteiger partial charge < -0.3 is 24.8 Å². The molecule has 1 aliphatic rings. The van der Waals surface area contributed by atoms with Gasteiger partial charge in [0.2, 0.25) is 0 Å². The van der Waals surface area contributed by atoms with Crippen molar-refractivity contribution >= 4 is 5.96 Å². The SMILES string of the molecule is CCNC(=NCCc1ccc2c(c1)CCO2)NC(C)c1cc(OC)ccc1OC. The highest BCUT2D eigenvalue weighted by molar-refractivity contribution is 5.80. The first kappa shape index (κ1) is 20.8. The lowest BCUT2D eigenvalue weighted by molar-refractivity contribution is 0.357. The van der Waals surface area contributed by atoms with Crippen molar-refractivity contribution in [3.05, 3.63) is 53.1 Å². The van der Waals surface area contributed by atoms with Gasteiger partial charge >= 0.3 is 0 Å². The Morgan fingerprint density at radius 1 is 1.17 bits per heavy atom. The van der Waals surface area contributed by atoms with Gasteiger partial charge in [0, 0.05) is 25.1 Å². The third kappa shape index (κ3) is 5.34. The zero-order chi connectivity index (χ0) is 20.6. The van der Waals surface area contributed by atoms with Crippen molar-refractivity contribution in [3.63, 3.8) is 0 Å². The van der Waals surface area contributed by atoms with Gasteiger partial charge in [0.25, 0.3) is 0 Å². The summed E-state index contributed by atoms with van der Waals surface area (Å²) in [5.74, 6) is 3.43. The number of nitrogens with one attached hydrogen (secondary N) is 2. The molecule has 0 spiro atoms. The van der Waals surface area contributed by atoms with Gasteiger partial charge in [0.05, 0.1) is 26.9 Å². The molecule has 6 heteroatoms. The van der Waals surface area contributed by atoms with Crippen LogP contribution in [0, 0.1) is 0 Å². The summed E-state index contributed by atoms with van der Waals surface area (Å²) in [4.78, 5) is 4.76. The molecule has 6 nitrogen and oxygen atoms in total. The normalized spacial score (nSPS) is 14.0. The van der Waals surface area contributed by atoms with Gasteiger partial charge in [-0.05, 0) is 55.7 Å². The summed E-state index contributed by atoms with van der Waals surface area (Å²) in [6.45, 7) is 6.44. The second-order valence-electron chi connectivity index (χ2n) is 7.03. The van der Waals surface area contributed by atoms with Crippen molar-refractivity contribution in [1.82, 2.24) is 10.6 Å². The molecule has 2 N–H and O–H groups in total. The molecule has 1 heterocycles. The Hall–Kier alpha value is -2.89. The van der Waals surface area contributed by atoms with Crippen molar-refractivity contribution in [3.8, 4) is 17.2 Å². The summed E-state index contributed by atoms with van der Waals surface area (Å²) in [6, 6.07) is 12.3. The first-order valence-electron chi connectivity index (χ1n) is 10.2. The van der Waals surface area contributed by atoms with E-state index in [-0.39, 0.29) is 6.04 Å². The minimum atomic E-state index is 0.00925. The number of methoxy groups -OCH3 is 2. The van der Waals surface area contributed by atoms with Crippen LogP contribution in [0.4, 0.5) is 0 Å². The Morgan fingerprint density at radius 2 is 2.03 bits per heavy atom. The molecule has 1 unspecified atom stereocenters. The lowest BCUT2D eigenvalue weighted by Crippen LogP contribution is -2.39. The lowest BCUT2D eigenvalue weighted by Gasteiger charge is -2.20. The topological polar surface area (TPSA) is 64.1 Å². The molecule has 29 heavy (non-hydrogen) atoms. The largest absolute Gasteiger partial charge is 0.497 e. The van der Waals surface area contributed by atoms with E-state index in [0.717, 1.165) is 54.8 Å². The zero-order valence-corrected chi connectivity index (χ0v) is 17.7. The average molecular weight is 398 g/mol. The van der Waals surface area contributed by atoms with Crippen LogP contribution in [-0.2, 0) is 12.8 Å². The Kier molecular flexibility index (Phi) is 7.22. The van der Waals surface area contributed by atoms with Gasteiger partial charge in [-0.15, -0.1) is 0 Å². The predicted octanol–water partition coefficient (Wildman–Crippen LogP) is 3.50. The number of hydrogen-bond acceptors (Lipinski definition) is 4. The smallest absolute Gasteiger partial charge is 0.191 e. The molecule has 1 aliphatic heterocycles. The molecular formula is C23H31N3O3. The van der Waals surface area contributed by atoms with Crippen LogP contribution in [-0.4, -0.2) is 39.9 Å². The average Bonchev–Trinajstić information content (AvgIpc) is 3.21. The second-order valence-corrected chi connectivity index (χ2v) is 7.03. The maximum Gasteiger partial charge on any atom is 0.191 e. The Morgan fingerprint density at radius 3 is 2.79 bits per heavy atom. The van der Waals surface area contributed by atoms with E-state index < -0.39 is 0 Å². The predicted molar refractivity (Wildman–Crippen MR) is 116 cm³/mol. The lowest BCUT2D eigenvalue weighted by atomic mass is 10.1. The minimum Gasteiger partial charge on any atom is -0.497 e. The summed E-state index contributed by atoms with van der Waals surface area (Å²) in [5, 5.41) is 6.80. The van der Waals surface area contributed by atoms with Gasteiger partial charge in [-0.1, -0.05) is 12.1 Å². The molecule has 0 saturated carbocycles. The monoisotopic (exact) mass is 397 g/mol. The van der Waals surface area contributed by atoms with Gasteiger partial charge in [-0.2, -0.15) is 0 Å². The standard InChI is InChI=1S/C23H31N3O3/c1-5-24-23(25-12-10-17-6-8-21-18(14-17)11-13-29-21)26-16(2)20-15-19(27-3)7-9-22(20)28-4/h6-9,14-16H,5,10-13H2,1-4H3,(H2,24,25,26). The Balaban J connectivity index is 1.66. The van der Waals surface area contributed by atoms with E-state index in [1.54, 1.807) is 14.2 Å². The summed E-state index contributed by atoms with van der Waals surface area (Å²) in [7, 11) is 3.35. The molecule has 0 saturated heterocycles. The fourth-order valence-corrected chi connectivity index (χ4v) is 3.47. The number of nitrogens with zero attached hydrogens (tertiary/aromatic N) is 1. The van der Waals surface area contributed by atoms with Crippen LogP contribution in [0.15, 0.2) is 41.4 Å². The van der Waals surface area contributed by atoms with Crippen molar-refractivity contribution < 1.29 is 14.2 Å². The number of benzene rings is 2. The molecule has 3 rings (SSSR count). The third-order valence-electron chi connectivity index (χ3n) is 5.03. The van der Waals surface area contributed by atoms with Crippen LogP contribution in [0.5, 0.6) is 17.2 Å². The Labute approximate surface area is 173 Å². The summed E-state index contributed by atoms with van der Waals surface area (Å²) in [5.41, 5.74) is 3.61. The highest BCUT2D eigenvalue weighted by Gasteiger charge is 2.15. The first-order valence-corrected chi connectivity index (χ1v) is 10.2. The first-order chi connectivity index (χ1) is 14.1. The third-order valence-corrected chi connectivity index (χ3v) is 5.03. The molecule has 2 aromatic carbocycles. The molecule has 0 radical (unpaired) electrons. The van der Waals surface area contributed by atoms with Crippen molar-refractivity contribution in [2.45, 2.75) is 32.7 Å². The van der Waals surface area contributed by atoms with Gasteiger partial charge in [-0.25, -0.2) is 0 Å². The molecule has 156 valence electrons. The molecule has 2 aromatic rings. The van der Waals surface area contributed by atoms with Crippen molar-refractivity contribution in [1.29, 1.82) is 0 Å². The van der Waals surface area contributed by atoms with Crippen LogP contribution in [0.25, 0.3) is 0 Å². The number of fused-ring (bicyclic) bond motifs is 1. The van der Waals surface area contributed by atoms with E-state index in [1.165, 1.54) is 11.1 Å². The summed E-state index contributed by atoms with van der Waals surface area (Å²) in [6.07, 6.45) is 1.89. The highest BCUT2D eigenvalue weighted by atomic mass is 16.5. The number of rotatable bonds is 8. The van der Waals surface area contributed by atoms with E-state index in [4.69, 9.17) is 19.2 Å². The minimum absolute atomic E-state index is 0.00925.